The number of fused-ring (bicyclic) bond motifs is 1. The van der Waals surface area contributed by atoms with Gasteiger partial charge in [-0.25, -0.2) is 0 Å². The predicted octanol–water partition coefficient (Wildman–Crippen LogP) is 9.60. The Morgan fingerprint density at radius 1 is 0.556 bits per heavy atom. The zero-order valence-electron chi connectivity index (χ0n) is 21.9. The van der Waals surface area contributed by atoms with Crippen LogP contribution < -0.4 is 4.74 Å². The molecule has 0 fully saturated rings. The van der Waals surface area contributed by atoms with Gasteiger partial charge in [0, 0.05) is 11.1 Å². The molecule has 0 heterocycles. The predicted molar refractivity (Wildman–Crippen MR) is 155 cm³/mol. The molecule has 4 rings (SSSR count). The number of hydrogen-bond donors (Lipinski definition) is 0. The van der Waals surface area contributed by atoms with E-state index >= 15 is 0 Å². The smallest absolute Gasteiger partial charge is 0.119 e. The highest BCUT2D eigenvalue weighted by molar-refractivity contribution is 5.85. The molecule has 0 atom stereocenters. The summed E-state index contributed by atoms with van der Waals surface area (Å²) in [7, 11) is 0. The average Bonchev–Trinajstić information content (AvgIpc) is 2.93. The Morgan fingerprint density at radius 2 is 1.17 bits per heavy atom. The summed E-state index contributed by atoms with van der Waals surface area (Å²) in [4.78, 5) is 0. The molecule has 0 aliphatic heterocycles. The topological polar surface area (TPSA) is 9.23 Å². The molecular weight excluding hydrogens is 436 g/mol. The standard InChI is InChI=1S/C35H38O/c1-3-5-6-7-8-9-10-28-13-18-31(19-14-28)32-20-15-29(16-21-32)11-12-30-17-22-34-27-35(36-25-4-2)24-23-33(34)26-30/h13-24,26-27H,3-10,25H2,1-2H3. The molecule has 184 valence electrons. The lowest BCUT2D eigenvalue weighted by molar-refractivity contribution is 0.318. The third-order valence-electron chi connectivity index (χ3n) is 6.63. The van der Waals surface area contributed by atoms with Crippen molar-refractivity contribution in [2.24, 2.45) is 0 Å². The first-order chi connectivity index (χ1) is 17.7. The highest BCUT2D eigenvalue weighted by Crippen LogP contribution is 2.23. The molecule has 0 bridgehead atoms. The van der Waals surface area contributed by atoms with Gasteiger partial charge in [-0.3, -0.25) is 0 Å². The molecule has 4 aromatic carbocycles. The molecule has 0 saturated heterocycles. The number of aryl methyl sites for hydroxylation is 1. The van der Waals surface area contributed by atoms with Gasteiger partial charge in [-0.05, 0) is 83.1 Å². The van der Waals surface area contributed by atoms with Crippen molar-refractivity contribution in [1.29, 1.82) is 0 Å². The van der Waals surface area contributed by atoms with Crippen LogP contribution in [0.5, 0.6) is 5.75 Å². The van der Waals surface area contributed by atoms with Crippen LogP contribution in [-0.2, 0) is 6.42 Å². The van der Waals surface area contributed by atoms with Gasteiger partial charge in [0.15, 0.2) is 0 Å². The maximum atomic E-state index is 5.75. The van der Waals surface area contributed by atoms with Gasteiger partial charge < -0.3 is 4.74 Å². The normalized spacial score (nSPS) is 10.7. The molecule has 0 spiro atoms. The lowest BCUT2D eigenvalue weighted by Crippen LogP contribution is -1.94. The van der Waals surface area contributed by atoms with Gasteiger partial charge in [-0.15, -0.1) is 0 Å². The van der Waals surface area contributed by atoms with Crippen molar-refractivity contribution in [3.8, 4) is 28.7 Å². The Morgan fingerprint density at radius 3 is 1.92 bits per heavy atom. The summed E-state index contributed by atoms with van der Waals surface area (Å²) in [5.74, 6) is 7.57. The zero-order chi connectivity index (χ0) is 25.0. The minimum atomic E-state index is 0.748. The van der Waals surface area contributed by atoms with Crippen LogP contribution in [0.15, 0.2) is 84.9 Å². The van der Waals surface area contributed by atoms with E-state index in [1.54, 1.807) is 0 Å². The minimum Gasteiger partial charge on any atom is -0.494 e. The summed E-state index contributed by atoms with van der Waals surface area (Å²) < 4.78 is 5.75. The molecule has 0 aromatic heterocycles. The van der Waals surface area contributed by atoms with E-state index in [0.29, 0.717) is 0 Å². The maximum Gasteiger partial charge on any atom is 0.119 e. The highest BCUT2D eigenvalue weighted by atomic mass is 16.5. The molecule has 1 heteroatoms. The molecule has 1 nitrogen and oxygen atoms in total. The summed E-state index contributed by atoms with van der Waals surface area (Å²) in [5.41, 5.74) is 5.99. The fraction of sp³-hybridized carbons (Fsp3) is 0.314. The first-order valence-electron chi connectivity index (χ1n) is 13.6. The van der Waals surface area contributed by atoms with E-state index in [1.807, 2.05) is 6.07 Å². The van der Waals surface area contributed by atoms with Gasteiger partial charge in [0.05, 0.1) is 6.61 Å². The van der Waals surface area contributed by atoms with Gasteiger partial charge in [-0.2, -0.15) is 0 Å². The average molecular weight is 475 g/mol. The summed E-state index contributed by atoms with van der Waals surface area (Å²) in [5, 5.41) is 2.36. The van der Waals surface area contributed by atoms with Crippen molar-refractivity contribution < 1.29 is 4.74 Å². The molecule has 0 amide bonds. The van der Waals surface area contributed by atoms with Crippen LogP contribution in [0, 0.1) is 11.8 Å². The molecule has 0 saturated carbocycles. The lowest BCUT2D eigenvalue weighted by Gasteiger charge is -2.06. The van der Waals surface area contributed by atoms with Crippen molar-refractivity contribution in [2.75, 3.05) is 6.61 Å². The molecule has 0 N–H and O–H groups in total. The third-order valence-corrected chi connectivity index (χ3v) is 6.63. The zero-order valence-corrected chi connectivity index (χ0v) is 21.9. The van der Waals surface area contributed by atoms with Crippen molar-refractivity contribution in [3.05, 3.63) is 102 Å². The van der Waals surface area contributed by atoms with E-state index in [4.69, 9.17) is 4.74 Å². The van der Waals surface area contributed by atoms with E-state index in [-0.39, 0.29) is 0 Å². The third kappa shape index (κ3) is 7.50. The second-order valence-corrected chi connectivity index (χ2v) is 9.61. The van der Waals surface area contributed by atoms with E-state index in [9.17, 15) is 0 Å². The van der Waals surface area contributed by atoms with Crippen molar-refractivity contribution >= 4 is 10.8 Å². The second kappa shape index (κ2) is 13.6. The van der Waals surface area contributed by atoms with Crippen LogP contribution in [0.25, 0.3) is 21.9 Å². The number of benzene rings is 4. The molecule has 0 aliphatic carbocycles. The summed E-state index contributed by atoms with van der Waals surface area (Å²) in [6, 6.07) is 30.2. The SMILES string of the molecule is CCCCCCCCc1ccc(-c2ccc(C#Cc3ccc4cc(OCCC)ccc4c3)cc2)cc1. The first-order valence-corrected chi connectivity index (χ1v) is 13.6. The number of unbranched alkanes of at least 4 members (excludes halogenated alkanes) is 5. The Bertz CT molecular complexity index is 1290. The van der Waals surface area contributed by atoms with E-state index in [1.165, 1.54) is 72.4 Å². The van der Waals surface area contributed by atoms with Crippen LogP contribution in [0.3, 0.4) is 0 Å². The molecule has 0 unspecified atom stereocenters. The van der Waals surface area contributed by atoms with E-state index < -0.39 is 0 Å². The van der Waals surface area contributed by atoms with Crippen molar-refractivity contribution in [2.45, 2.75) is 65.2 Å². The summed E-state index contributed by atoms with van der Waals surface area (Å²) in [6.45, 7) is 5.14. The number of ether oxygens (including phenoxy) is 1. The Balaban J connectivity index is 1.34. The van der Waals surface area contributed by atoms with Crippen LogP contribution in [0.2, 0.25) is 0 Å². The molecule has 36 heavy (non-hydrogen) atoms. The fourth-order valence-corrected chi connectivity index (χ4v) is 4.47. The van der Waals surface area contributed by atoms with Gasteiger partial charge in [0.25, 0.3) is 0 Å². The Hall–Kier alpha value is -3.50. The summed E-state index contributed by atoms with van der Waals surface area (Å²) >= 11 is 0. The van der Waals surface area contributed by atoms with Gasteiger partial charge in [-0.1, -0.05) is 106 Å². The quantitative estimate of drug-likeness (QED) is 0.155. The van der Waals surface area contributed by atoms with E-state index in [0.717, 1.165) is 29.9 Å². The van der Waals surface area contributed by atoms with Crippen LogP contribution >= 0.6 is 0 Å². The molecular formula is C35H38O. The van der Waals surface area contributed by atoms with Crippen LogP contribution in [0.1, 0.15) is 75.5 Å². The minimum absolute atomic E-state index is 0.748. The van der Waals surface area contributed by atoms with Crippen LogP contribution in [0.4, 0.5) is 0 Å². The molecule has 4 aromatic rings. The first kappa shape index (κ1) is 25.6. The number of hydrogen-bond acceptors (Lipinski definition) is 1. The highest BCUT2D eigenvalue weighted by Gasteiger charge is 2.01. The number of rotatable bonds is 11. The monoisotopic (exact) mass is 474 g/mol. The Kier molecular flexibility index (Phi) is 9.63. The summed E-state index contributed by atoms with van der Waals surface area (Å²) in [6.07, 6.45) is 10.3. The maximum absolute atomic E-state index is 5.75. The molecule has 0 aliphatic rings. The van der Waals surface area contributed by atoms with Gasteiger partial charge in [0.1, 0.15) is 5.75 Å². The largest absolute Gasteiger partial charge is 0.494 e. The van der Waals surface area contributed by atoms with Crippen molar-refractivity contribution in [1.82, 2.24) is 0 Å². The Labute approximate surface area is 217 Å². The molecule has 0 radical (unpaired) electrons. The van der Waals surface area contributed by atoms with Gasteiger partial charge in [0.2, 0.25) is 0 Å². The van der Waals surface area contributed by atoms with Gasteiger partial charge >= 0.3 is 0 Å². The van der Waals surface area contributed by atoms with Crippen LogP contribution in [-0.4, -0.2) is 6.61 Å². The fourth-order valence-electron chi connectivity index (χ4n) is 4.47. The second-order valence-electron chi connectivity index (χ2n) is 9.61. The van der Waals surface area contributed by atoms with E-state index in [2.05, 4.69) is 105 Å². The lowest BCUT2D eigenvalue weighted by atomic mass is 10.00. The van der Waals surface area contributed by atoms with Crippen molar-refractivity contribution in [3.63, 3.8) is 0 Å².